The molecule has 2 rings (SSSR count). The number of aryl methyl sites for hydroxylation is 2. The molecule has 40 heavy (non-hydrogen) atoms. The van der Waals surface area contributed by atoms with E-state index < -0.39 is 24.2 Å². The monoisotopic (exact) mass is 568 g/mol. The summed E-state index contributed by atoms with van der Waals surface area (Å²) >= 11 is 0. The molecule has 9 nitrogen and oxygen atoms in total. The van der Waals surface area contributed by atoms with Crippen molar-refractivity contribution in [3.63, 3.8) is 0 Å². The highest BCUT2D eigenvalue weighted by Gasteiger charge is 2.38. The van der Waals surface area contributed by atoms with Crippen molar-refractivity contribution in [2.45, 2.75) is 56.8 Å². The number of carboxylic acid groups (broad SMARTS) is 1. The summed E-state index contributed by atoms with van der Waals surface area (Å²) in [6, 6.07) is 16.6. The van der Waals surface area contributed by atoms with E-state index in [1.807, 2.05) is 54.6 Å². The third-order valence-electron chi connectivity index (χ3n) is 6.05. The third kappa shape index (κ3) is 12.9. The second-order valence-corrected chi connectivity index (χ2v) is 9.07. The maximum absolute atomic E-state index is 12.9. The smallest absolute Gasteiger partial charge is 0.490 e. The third-order valence-corrected chi connectivity index (χ3v) is 6.05. The number of carbonyl (C=O) groups excluding carboxylic acids is 2. The average molecular weight is 569 g/mol. The molecule has 222 valence electrons. The number of benzene rings is 2. The summed E-state index contributed by atoms with van der Waals surface area (Å²) in [6.45, 7) is 0.995. The Morgan fingerprint density at radius 1 is 0.975 bits per heavy atom. The maximum Gasteiger partial charge on any atom is 0.490 e. The van der Waals surface area contributed by atoms with Crippen LogP contribution in [0.5, 0.6) is 5.75 Å². The summed E-state index contributed by atoms with van der Waals surface area (Å²) in [5.41, 5.74) is 14.2. The summed E-state index contributed by atoms with van der Waals surface area (Å²) < 4.78 is 36.9. The van der Waals surface area contributed by atoms with Gasteiger partial charge in [-0.2, -0.15) is 13.2 Å². The number of carbonyl (C=O) groups is 3. The number of hydrogen-bond donors (Lipinski definition) is 4. The van der Waals surface area contributed by atoms with Gasteiger partial charge >= 0.3 is 12.1 Å². The first-order chi connectivity index (χ1) is 18.9. The van der Waals surface area contributed by atoms with Crippen LogP contribution in [0, 0.1) is 0 Å². The van der Waals surface area contributed by atoms with Gasteiger partial charge in [-0.05, 0) is 68.3 Å². The van der Waals surface area contributed by atoms with E-state index in [0.29, 0.717) is 38.8 Å². The van der Waals surface area contributed by atoms with Crippen molar-refractivity contribution in [2.75, 3.05) is 27.2 Å². The van der Waals surface area contributed by atoms with E-state index in [1.165, 1.54) is 10.5 Å². The Labute approximate surface area is 232 Å². The lowest BCUT2D eigenvalue weighted by Crippen LogP contribution is -2.52. The molecule has 0 heterocycles. The minimum absolute atomic E-state index is 0.163. The predicted octanol–water partition coefficient (Wildman–Crippen LogP) is 2.90. The fraction of sp³-hybridized carbons (Fsp3) is 0.464. The van der Waals surface area contributed by atoms with Crippen LogP contribution < -0.4 is 21.5 Å². The van der Waals surface area contributed by atoms with Crippen molar-refractivity contribution in [1.29, 1.82) is 0 Å². The Balaban J connectivity index is 0.00000101. The van der Waals surface area contributed by atoms with Crippen LogP contribution in [-0.2, 0) is 27.2 Å². The number of aliphatic carboxylic acids is 1. The van der Waals surface area contributed by atoms with Crippen molar-refractivity contribution >= 4 is 17.8 Å². The Hall–Kier alpha value is -3.64. The van der Waals surface area contributed by atoms with E-state index in [0.717, 1.165) is 24.2 Å². The van der Waals surface area contributed by atoms with Gasteiger partial charge in [0.2, 0.25) is 11.8 Å². The van der Waals surface area contributed by atoms with Gasteiger partial charge in [0.1, 0.15) is 11.8 Å². The van der Waals surface area contributed by atoms with Crippen molar-refractivity contribution in [3.05, 3.63) is 65.7 Å². The van der Waals surface area contributed by atoms with Crippen molar-refractivity contribution < 1.29 is 37.4 Å². The largest absolute Gasteiger partial charge is 0.497 e. The Bertz CT molecular complexity index is 1040. The number of rotatable bonds is 14. The number of methoxy groups -OCH3 is 1. The summed E-state index contributed by atoms with van der Waals surface area (Å²) in [6.07, 6.45) is -1.03. The van der Waals surface area contributed by atoms with Crippen LogP contribution >= 0.6 is 0 Å². The van der Waals surface area contributed by atoms with Gasteiger partial charge in [-0.15, -0.1) is 0 Å². The molecule has 0 aliphatic heterocycles. The SMILES string of the molecule is COc1ccc(CCCNC(=O)[C@H](CCCN)N(C)C(=O)[C@@H](N)CCc2ccccc2)cc1.O=C(O)C(F)(F)F. The number of halogens is 3. The van der Waals surface area contributed by atoms with Gasteiger partial charge in [-0.1, -0.05) is 42.5 Å². The lowest BCUT2D eigenvalue weighted by Gasteiger charge is -2.29. The van der Waals surface area contributed by atoms with Gasteiger partial charge in [-0.25, -0.2) is 4.79 Å². The van der Waals surface area contributed by atoms with Gasteiger partial charge in [0.15, 0.2) is 0 Å². The minimum Gasteiger partial charge on any atom is -0.497 e. The molecule has 2 aromatic rings. The van der Waals surface area contributed by atoms with Gasteiger partial charge in [0, 0.05) is 13.6 Å². The summed E-state index contributed by atoms with van der Waals surface area (Å²) in [5, 5.41) is 10.1. The van der Waals surface area contributed by atoms with Crippen LogP contribution in [0.3, 0.4) is 0 Å². The molecular weight excluding hydrogens is 529 g/mol. The molecule has 0 aliphatic carbocycles. The number of likely N-dealkylation sites (N-methyl/N-ethyl adjacent to an activating group) is 1. The number of nitrogens with zero attached hydrogens (tertiary/aromatic N) is 1. The Morgan fingerprint density at radius 2 is 1.55 bits per heavy atom. The minimum atomic E-state index is -5.08. The molecule has 6 N–H and O–H groups in total. The quantitative estimate of drug-likeness (QED) is 0.256. The molecule has 0 radical (unpaired) electrons. The number of amides is 2. The highest BCUT2D eigenvalue weighted by atomic mass is 19.4. The first-order valence-corrected chi connectivity index (χ1v) is 12.9. The summed E-state index contributed by atoms with van der Waals surface area (Å²) in [4.78, 5) is 36.2. The molecule has 0 aliphatic rings. The van der Waals surface area contributed by atoms with Crippen molar-refractivity contribution in [1.82, 2.24) is 10.2 Å². The standard InChI is InChI=1S/C26H38N4O3.C2HF3O2/c1-30(26(32)23(28)17-14-20-8-4-3-5-9-20)24(11-6-18-27)25(31)29-19-7-10-21-12-15-22(33-2)16-13-21;3-2(4,5)1(6)7/h3-5,8-9,12-13,15-16,23-24H,6-7,10-11,14,17-19,27-28H2,1-2H3,(H,29,31);(H,6,7)/t23-,24-;/m0./s1. The van der Waals surface area contributed by atoms with Crippen LogP contribution in [0.4, 0.5) is 13.2 Å². The molecule has 12 heteroatoms. The molecule has 2 aromatic carbocycles. The highest BCUT2D eigenvalue weighted by Crippen LogP contribution is 2.14. The number of alkyl halides is 3. The molecular formula is C28H39F3N4O5. The van der Waals surface area contributed by atoms with E-state index in [4.69, 9.17) is 26.1 Å². The molecule has 0 bridgehead atoms. The summed E-state index contributed by atoms with van der Waals surface area (Å²) in [7, 11) is 3.30. The van der Waals surface area contributed by atoms with E-state index in [1.54, 1.807) is 14.2 Å². The Morgan fingerprint density at radius 3 is 2.08 bits per heavy atom. The fourth-order valence-electron chi connectivity index (χ4n) is 3.73. The topological polar surface area (TPSA) is 148 Å². The maximum atomic E-state index is 12.9. The predicted molar refractivity (Wildman–Crippen MR) is 146 cm³/mol. The second-order valence-electron chi connectivity index (χ2n) is 9.07. The number of nitrogens with one attached hydrogen (secondary N) is 1. The molecule has 0 aromatic heterocycles. The van der Waals surface area contributed by atoms with Crippen LogP contribution in [-0.4, -0.2) is 73.3 Å². The zero-order valence-corrected chi connectivity index (χ0v) is 22.8. The van der Waals surface area contributed by atoms with Gasteiger partial charge in [0.05, 0.1) is 13.2 Å². The normalized spacial score (nSPS) is 12.4. The second kappa shape index (κ2) is 17.9. The lowest BCUT2D eigenvalue weighted by molar-refractivity contribution is -0.192. The Kier molecular flexibility index (Phi) is 15.3. The molecule has 0 fully saturated rings. The van der Waals surface area contributed by atoms with E-state index in [2.05, 4.69) is 5.32 Å². The molecule has 0 spiro atoms. The van der Waals surface area contributed by atoms with Gasteiger partial charge in [-0.3, -0.25) is 9.59 Å². The molecule has 0 saturated heterocycles. The van der Waals surface area contributed by atoms with Gasteiger partial charge in [0.25, 0.3) is 0 Å². The van der Waals surface area contributed by atoms with Crippen LogP contribution in [0.1, 0.15) is 36.8 Å². The van der Waals surface area contributed by atoms with E-state index >= 15 is 0 Å². The average Bonchev–Trinajstić information content (AvgIpc) is 2.94. The number of carboxylic acids is 1. The fourth-order valence-corrected chi connectivity index (χ4v) is 3.73. The molecule has 0 unspecified atom stereocenters. The zero-order valence-electron chi connectivity index (χ0n) is 22.8. The first kappa shape index (κ1) is 34.4. The number of ether oxygens (including phenoxy) is 1. The zero-order chi connectivity index (χ0) is 30.1. The summed E-state index contributed by atoms with van der Waals surface area (Å²) in [5.74, 6) is -2.32. The van der Waals surface area contributed by atoms with E-state index in [-0.39, 0.29) is 11.8 Å². The number of nitrogens with two attached hydrogens (primary N) is 2. The van der Waals surface area contributed by atoms with Crippen LogP contribution in [0.15, 0.2) is 54.6 Å². The van der Waals surface area contributed by atoms with Crippen LogP contribution in [0.2, 0.25) is 0 Å². The van der Waals surface area contributed by atoms with Crippen molar-refractivity contribution in [2.24, 2.45) is 11.5 Å². The molecule has 0 saturated carbocycles. The first-order valence-electron chi connectivity index (χ1n) is 12.9. The highest BCUT2D eigenvalue weighted by molar-refractivity contribution is 5.89. The molecule has 2 amide bonds. The van der Waals surface area contributed by atoms with Crippen molar-refractivity contribution in [3.8, 4) is 5.75 Å². The number of hydrogen-bond acceptors (Lipinski definition) is 6. The molecule has 2 atom stereocenters. The van der Waals surface area contributed by atoms with Gasteiger partial charge < -0.3 is 31.5 Å². The van der Waals surface area contributed by atoms with Crippen LogP contribution in [0.25, 0.3) is 0 Å². The lowest BCUT2D eigenvalue weighted by atomic mass is 10.0. The van der Waals surface area contributed by atoms with E-state index in [9.17, 15) is 22.8 Å².